The molecular formula is C12H13BrF3NOS. The van der Waals surface area contributed by atoms with Crippen LogP contribution in [0.1, 0.15) is 31.9 Å². The van der Waals surface area contributed by atoms with Gasteiger partial charge in [0.15, 0.2) is 0 Å². The molecule has 0 saturated heterocycles. The van der Waals surface area contributed by atoms with Crippen LogP contribution in [0.25, 0.3) is 0 Å². The summed E-state index contributed by atoms with van der Waals surface area (Å²) in [6.45, 7) is 5.22. The van der Waals surface area contributed by atoms with Crippen LogP contribution in [0.4, 0.5) is 13.2 Å². The number of rotatable bonds is 2. The fourth-order valence-electron chi connectivity index (χ4n) is 1.12. The second-order valence-electron chi connectivity index (χ2n) is 4.87. The maximum absolute atomic E-state index is 12.6. The largest absolute Gasteiger partial charge is 0.416 e. The third kappa shape index (κ3) is 5.06. The highest BCUT2D eigenvalue weighted by atomic mass is 79.9. The molecule has 0 unspecified atom stereocenters. The van der Waals surface area contributed by atoms with Crippen LogP contribution < -0.4 is 0 Å². The van der Waals surface area contributed by atoms with Gasteiger partial charge in [0.25, 0.3) is 0 Å². The first-order valence-corrected chi connectivity index (χ1v) is 7.24. The van der Waals surface area contributed by atoms with Crippen molar-refractivity contribution in [3.8, 4) is 0 Å². The number of nitrogens with zero attached hydrogens (tertiary/aromatic N) is 1. The number of halogens is 4. The molecule has 0 amide bonds. The SMILES string of the molecule is CC(C)(C)[S@@](=O)/N=C\c1cc(Br)cc(C(F)(F)F)c1. The van der Waals surface area contributed by atoms with Gasteiger partial charge >= 0.3 is 6.18 Å². The minimum Gasteiger partial charge on any atom is -0.234 e. The Labute approximate surface area is 120 Å². The highest BCUT2D eigenvalue weighted by Gasteiger charge is 2.31. The number of hydrogen-bond acceptors (Lipinski definition) is 1. The molecule has 1 aromatic rings. The van der Waals surface area contributed by atoms with E-state index in [2.05, 4.69) is 20.3 Å². The zero-order valence-corrected chi connectivity index (χ0v) is 13.0. The molecule has 0 bridgehead atoms. The van der Waals surface area contributed by atoms with Crippen molar-refractivity contribution in [1.29, 1.82) is 0 Å². The molecule has 0 N–H and O–H groups in total. The fraction of sp³-hybridized carbons (Fsp3) is 0.417. The number of alkyl halides is 3. The molecule has 1 rings (SSSR count). The Bertz CT molecular complexity index is 521. The smallest absolute Gasteiger partial charge is 0.234 e. The predicted octanol–water partition coefficient (Wildman–Crippen LogP) is 4.35. The maximum atomic E-state index is 12.6. The molecule has 0 fully saturated rings. The molecule has 106 valence electrons. The molecule has 0 aromatic heterocycles. The summed E-state index contributed by atoms with van der Waals surface area (Å²) in [5.74, 6) is 0. The van der Waals surface area contributed by atoms with Gasteiger partial charge in [-0.2, -0.15) is 17.6 Å². The first-order valence-electron chi connectivity index (χ1n) is 5.34. The summed E-state index contributed by atoms with van der Waals surface area (Å²) >= 11 is 3.01. The first kappa shape index (κ1) is 16.4. The highest BCUT2D eigenvalue weighted by molar-refractivity contribution is 9.10. The third-order valence-electron chi connectivity index (χ3n) is 2.07. The van der Waals surface area contributed by atoms with Crippen LogP contribution in [0.15, 0.2) is 27.1 Å². The molecular weight excluding hydrogens is 343 g/mol. The Morgan fingerprint density at radius 2 is 1.79 bits per heavy atom. The van der Waals surface area contributed by atoms with Crippen molar-refractivity contribution in [1.82, 2.24) is 0 Å². The van der Waals surface area contributed by atoms with Crippen molar-refractivity contribution < 1.29 is 17.4 Å². The van der Waals surface area contributed by atoms with Gasteiger partial charge in [0.1, 0.15) is 11.0 Å². The summed E-state index contributed by atoms with van der Waals surface area (Å²) in [5, 5.41) is 0. The van der Waals surface area contributed by atoms with Crippen molar-refractivity contribution >= 4 is 33.1 Å². The lowest BCUT2D eigenvalue weighted by Gasteiger charge is -2.13. The van der Waals surface area contributed by atoms with E-state index in [1.165, 1.54) is 12.3 Å². The summed E-state index contributed by atoms with van der Waals surface area (Å²) in [6.07, 6.45) is -3.23. The van der Waals surface area contributed by atoms with E-state index in [9.17, 15) is 17.4 Å². The molecule has 1 atom stereocenters. The Hall–Kier alpha value is -0.690. The van der Waals surface area contributed by atoms with Crippen molar-refractivity contribution in [2.24, 2.45) is 4.40 Å². The number of benzene rings is 1. The van der Waals surface area contributed by atoms with Gasteiger partial charge in [0, 0.05) is 10.7 Å². The van der Waals surface area contributed by atoms with Gasteiger partial charge in [-0.05, 0) is 44.5 Å². The van der Waals surface area contributed by atoms with Crippen molar-refractivity contribution in [2.75, 3.05) is 0 Å². The zero-order chi connectivity index (χ0) is 14.8. The van der Waals surface area contributed by atoms with E-state index in [0.29, 0.717) is 4.47 Å². The number of hydrogen-bond donors (Lipinski definition) is 0. The van der Waals surface area contributed by atoms with Crippen LogP contribution in [0.2, 0.25) is 0 Å². The Morgan fingerprint density at radius 1 is 1.21 bits per heavy atom. The molecule has 0 aliphatic carbocycles. The third-order valence-corrected chi connectivity index (χ3v) is 3.87. The molecule has 19 heavy (non-hydrogen) atoms. The first-order chi connectivity index (χ1) is 8.50. The molecule has 1 aromatic carbocycles. The van der Waals surface area contributed by atoms with Crippen molar-refractivity contribution in [3.63, 3.8) is 0 Å². The second-order valence-corrected chi connectivity index (χ2v) is 7.72. The lowest BCUT2D eigenvalue weighted by molar-refractivity contribution is -0.137. The van der Waals surface area contributed by atoms with E-state index < -0.39 is 27.5 Å². The van der Waals surface area contributed by atoms with Crippen LogP contribution in [-0.4, -0.2) is 15.2 Å². The Morgan fingerprint density at radius 3 is 2.26 bits per heavy atom. The fourth-order valence-corrected chi connectivity index (χ4v) is 2.16. The molecule has 7 heteroatoms. The van der Waals surface area contributed by atoms with Crippen molar-refractivity contribution in [3.05, 3.63) is 33.8 Å². The van der Waals surface area contributed by atoms with Gasteiger partial charge in [-0.25, -0.2) is 4.21 Å². The summed E-state index contributed by atoms with van der Waals surface area (Å²) in [7, 11) is -1.50. The molecule has 0 aliphatic heterocycles. The van der Waals surface area contributed by atoms with Gasteiger partial charge in [0.2, 0.25) is 0 Å². The van der Waals surface area contributed by atoms with E-state index >= 15 is 0 Å². The van der Waals surface area contributed by atoms with Crippen LogP contribution in [-0.2, 0) is 17.2 Å². The molecule has 0 spiro atoms. The van der Waals surface area contributed by atoms with E-state index in [0.717, 1.165) is 12.1 Å². The maximum Gasteiger partial charge on any atom is 0.416 e. The monoisotopic (exact) mass is 355 g/mol. The minimum atomic E-state index is -4.42. The summed E-state index contributed by atoms with van der Waals surface area (Å²) in [5.41, 5.74) is -0.524. The lowest BCUT2D eigenvalue weighted by atomic mass is 10.1. The van der Waals surface area contributed by atoms with Gasteiger partial charge in [0.05, 0.1) is 10.3 Å². The normalized spacial score (nSPS) is 14.9. The van der Waals surface area contributed by atoms with Crippen LogP contribution in [0.3, 0.4) is 0 Å². The van der Waals surface area contributed by atoms with Crippen LogP contribution >= 0.6 is 15.9 Å². The summed E-state index contributed by atoms with van der Waals surface area (Å²) in [6, 6.07) is 3.44. The molecule has 0 aliphatic rings. The molecule has 0 saturated carbocycles. The van der Waals surface area contributed by atoms with E-state index in [1.807, 2.05) is 0 Å². The zero-order valence-electron chi connectivity index (χ0n) is 10.6. The Balaban J connectivity index is 3.07. The van der Waals surface area contributed by atoms with Crippen molar-refractivity contribution in [2.45, 2.75) is 31.7 Å². The van der Waals surface area contributed by atoms with Gasteiger partial charge in [-0.15, -0.1) is 0 Å². The van der Waals surface area contributed by atoms with Gasteiger partial charge in [-0.3, -0.25) is 0 Å². The Kier molecular flexibility index (Phi) is 4.95. The predicted molar refractivity (Wildman–Crippen MR) is 74.6 cm³/mol. The molecule has 0 heterocycles. The molecule has 2 nitrogen and oxygen atoms in total. The quantitative estimate of drug-likeness (QED) is 0.725. The minimum absolute atomic E-state index is 0.249. The van der Waals surface area contributed by atoms with Crippen LogP contribution in [0, 0.1) is 0 Å². The van der Waals surface area contributed by atoms with Crippen LogP contribution in [0.5, 0.6) is 0 Å². The van der Waals surface area contributed by atoms with E-state index in [-0.39, 0.29) is 5.56 Å². The van der Waals surface area contributed by atoms with Gasteiger partial charge in [-0.1, -0.05) is 15.9 Å². The average Bonchev–Trinajstić information content (AvgIpc) is 2.22. The van der Waals surface area contributed by atoms with E-state index in [4.69, 9.17) is 0 Å². The second kappa shape index (κ2) is 5.75. The summed E-state index contributed by atoms with van der Waals surface area (Å²) in [4.78, 5) is 0. The van der Waals surface area contributed by atoms with E-state index in [1.54, 1.807) is 20.8 Å². The lowest BCUT2D eigenvalue weighted by Crippen LogP contribution is -2.19. The highest BCUT2D eigenvalue weighted by Crippen LogP contribution is 2.31. The average molecular weight is 356 g/mol. The summed E-state index contributed by atoms with van der Waals surface area (Å²) < 4.78 is 53.1. The topological polar surface area (TPSA) is 29.4 Å². The molecule has 0 radical (unpaired) electrons. The standard InChI is InChI=1S/C12H13BrF3NOS/c1-11(2,3)19(18)17-7-8-4-9(12(14,15)16)6-10(13)5-8/h4-7H,1-3H3/b17-7-/t19-/m1/s1. The van der Waals surface area contributed by atoms with Gasteiger partial charge < -0.3 is 0 Å².